The van der Waals surface area contributed by atoms with E-state index in [4.69, 9.17) is 0 Å². The van der Waals surface area contributed by atoms with Gasteiger partial charge < -0.3 is 20.0 Å². The molecule has 0 saturated heterocycles. The normalized spacial score (nSPS) is 11.0. The standard InChI is InChI=1S/C20H34N4O2/c1-15(2)12-20(26)21-18-8-9-19(23(6)7)17(13-18)14-24(16(3)25)11-10-22(4)5/h8-9,13,15H,10-12,14H2,1-7H3,(H,21,26). The van der Waals surface area contributed by atoms with Gasteiger partial charge in [0.05, 0.1) is 0 Å². The van der Waals surface area contributed by atoms with Gasteiger partial charge in [-0.25, -0.2) is 0 Å². The van der Waals surface area contributed by atoms with Crippen LogP contribution in [0.4, 0.5) is 11.4 Å². The maximum Gasteiger partial charge on any atom is 0.224 e. The number of nitrogens with zero attached hydrogens (tertiary/aromatic N) is 3. The monoisotopic (exact) mass is 362 g/mol. The molecule has 26 heavy (non-hydrogen) atoms. The number of hydrogen-bond acceptors (Lipinski definition) is 4. The van der Waals surface area contributed by atoms with Crippen LogP contribution in [0.25, 0.3) is 0 Å². The average Bonchev–Trinajstić information content (AvgIpc) is 2.49. The number of likely N-dealkylation sites (N-methyl/N-ethyl adjacent to an activating group) is 1. The van der Waals surface area contributed by atoms with Gasteiger partial charge in [-0.1, -0.05) is 13.8 Å². The summed E-state index contributed by atoms with van der Waals surface area (Å²) in [6.45, 7) is 7.63. The van der Waals surface area contributed by atoms with E-state index in [9.17, 15) is 9.59 Å². The molecule has 0 unspecified atom stereocenters. The lowest BCUT2D eigenvalue weighted by Gasteiger charge is -2.26. The first-order chi connectivity index (χ1) is 12.1. The smallest absolute Gasteiger partial charge is 0.224 e. The molecule has 146 valence electrons. The summed E-state index contributed by atoms with van der Waals surface area (Å²) in [5, 5.41) is 2.96. The van der Waals surface area contributed by atoms with Gasteiger partial charge in [-0.3, -0.25) is 9.59 Å². The summed E-state index contributed by atoms with van der Waals surface area (Å²) in [4.78, 5) is 30.0. The minimum Gasteiger partial charge on any atom is -0.377 e. The van der Waals surface area contributed by atoms with Crippen molar-refractivity contribution in [2.75, 3.05) is 51.5 Å². The first-order valence-corrected chi connectivity index (χ1v) is 9.10. The number of nitrogens with one attached hydrogen (secondary N) is 1. The predicted octanol–water partition coefficient (Wildman–Crippen LogP) is 2.65. The highest BCUT2D eigenvalue weighted by molar-refractivity contribution is 5.91. The Morgan fingerprint density at radius 1 is 1.08 bits per heavy atom. The molecule has 0 saturated carbocycles. The van der Waals surface area contributed by atoms with Crippen molar-refractivity contribution in [2.24, 2.45) is 5.92 Å². The van der Waals surface area contributed by atoms with E-state index in [1.165, 1.54) is 0 Å². The molecule has 0 aromatic heterocycles. The molecule has 0 aliphatic carbocycles. The third-order valence-electron chi connectivity index (χ3n) is 4.06. The third-order valence-corrected chi connectivity index (χ3v) is 4.06. The fraction of sp³-hybridized carbons (Fsp3) is 0.600. The number of amides is 2. The summed E-state index contributed by atoms with van der Waals surface area (Å²) >= 11 is 0. The summed E-state index contributed by atoms with van der Waals surface area (Å²) in [6.07, 6.45) is 0.493. The van der Waals surface area contributed by atoms with E-state index in [0.717, 1.165) is 23.5 Å². The van der Waals surface area contributed by atoms with Crippen molar-refractivity contribution < 1.29 is 9.59 Å². The van der Waals surface area contributed by atoms with Crippen molar-refractivity contribution in [3.8, 4) is 0 Å². The van der Waals surface area contributed by atoms with Crippen LogP contribution in [-0.4, -0.2) is 62.9 Å². The van der Waals surface area contributed by atoms with Crippen molar-refractivity contribution in [3.63, 3.8) is 0 Å². The van der Waals surface area contributed by atoms with Gasteiger partial charge in [-0.2, -0.15) is 0 Å². The van der Waals surface area contributed by atoms with Gasteiger partial charge in [-0.05, 0) is 43.8 Å². The van der Waals surface area contributed by atoms with E-state index in [0.29, 0.717) is 25.4 Å². The lowest BCUT2D eigenvalue weighted by molar-refractivity contribution is -0.129. The maximum absolute atomic E-state index is 12.1. The first-order valence-electron chi connectivity index (χ1n) is 9.10. The Labute approximate surface area is 158 Å². The molecule has 0 fully saturated rings. The van der Waals surface area contributed by atoms with Gasteiger partial charge in [0.25, 0.3) is 0 Å². The fourth-order valence-corrected chi connectivity index (χ4v) is 2.68. The Bertz CT molecular complexity index is 612. The summed E-state index contributed by atoms with van der Waals surface area (Å²) in [5.41, 5.74) is 2.83. The molecule has 6 heteroatoms. The number of carbonyl (C=O) groups excluding carboxylic acids is 2. The van der Waals surface area contributed by atoms with E-state index < -0.39 is 0 Å². The van der Waals surface area contributed by atoms with Crippen molar-refractivity contribution in [1.82, 2.24) is 9.80 Å². The number of carbonyl (C=O) groups is 2. The summed E-state index contributed by atoms with van der Waals surface area (Å²) in [6, 6.07) is 5.87. The Morgan fingerprint density at radius 2 is 1.73 bits per heavy atom. The summed E-state index contributed by atoms with van der Waals surface area (Å²) in [5.74, 6) is 0.375. The number of benzene rings is 1. The molecule has 6 nitrogen and oxygen atoms in total. The van der Waals surface area contributed by atoms with Crippen LogP contribution in [-0.2, 0) is 16.1 Å². The maximum atomic E-state index is 12.1. The van der Waals surface area contributed by atoms with E-state index in [2.05, 4.69) is 10.2 Å². The Morgan fingerprint density at radius 3 is 2.23 bits per heavy atom. The molecule has 1 rings (SSSR count). The lowest BCUT2D eigenvalue weighted by Crippen LogP contribution is -2.35. The van der Waals surface area contributed by atoms with Gasteiger partial charge in [0.2, 0.25) is 11.8 Å². The molecule has 0 heterocycles. The molecule has 0 aliphatic heterocycles. The van der Waals surface area contributed by atoms with E-state index in [1.807, 2.05) is 70.0 Å². The van der Waals surface area contributed by atoms with Gasteiger partial charge in [0, 0.05) is 58.4 Å². The highest BCUT2D eigenvalue weighted by Crippen LogP contribution is 2.25. The zero-order valence-corrected chi connectivity index (χ0v) is 17.3. The minimum atomic E-state index is 0.0135. The van der Waals surface area contributed by atoms with Crippen LogP contribution in [0.5, 0.6) is 0 Å². The Balaban J connectivity index is 3.02. The van der Waals surface area contributed by atoms with Gasteiger partial charge in [0.15, 0.2) is 0 Å². The van der Waals surface area contributed by atoms with Crippen LogP contribution in [0.2, 0.25) is 0 Å². The van der Waals surface area contributed by atoms with Crippen LogP contribution in [0.1, 0.15) is 32.8 Å². The van der Waals surface area contributed by atoms with Gasteiger partial charge >= 0.3 is 0 Å². The molecular formula is C20H34N4O2. The predicted molar refractivity (Wildman–Crippen MR) is 108 cm³/mol. The van der Waals surface area contributed by atoms with Gasteiger partial charge in [-0.15, -0.1) is 0 Å². The zero-order valence-electron chi connectivity index (χ0n) is 17.3. The SMILES string of the molecule is CC(=O)N(CCN(C)C)Cc1cc(NC(=O)CC(C)C)ccc1N(C)C. The molecule has 2 amide bonds. The van der Waals surface area contributed by atoms with E-state index >= 15 is 0 Å². The van der Waals surface area contributed by atoms with Crippen molar-refractivity contribution in [1.29, 1.82) is 0 Å². The molecule has 1 aromatic carbocycles. The van der Waals surface area contributed by atoms with E-state index in [1.54, 1.807) is 6.92 Å². The number of rotatable bonds is 9. The largest absolute Gasteiger partial charge is 0.377 e. The minimum absolute atomic E-state index is 0.0135. The first kappa shape index (κ1) is 22.0. The molecule has 1 aromatic rings. The highest BCUT2D eigenvalue weighted by Gasteiger charge is 2.15. The molecule has 0 spiro atoms. The second-order valence-corrected chi connectivity index (χ2v) is 7.63. The summed E-state index contributed by atoms with van der Waals surface area (Å²) in [7, 11) is 7.95. The zero-order chi connectivity index (χ0) is 19.9. The van der Waals surface area contributed by atoms with Crippen molar-refractivity contribution in [2.45, 2.75) is 33.7 Å². The van der Waals surface area contributed by atoms with Crippen LogP contribution < -0.4 is 10.2 Å². The average molecular weight is 363 g/mol. The highest BCUT2D eigenvalue weighted by atomic mass is 16.2. The quantitative estimate of drug-likeness (QED) is 0.734. The number of anilines is 2. The second kappa shape index (κ2) is 10.2. The van der Waals surface area contributed by atoms with Crippen LogP contribution in [0.3, 0.4) is 0 Å². The van der Waals surface area contributed by atoms with Crippen molar-refractivity contribution in [3.05, 3.63) is 23.8 Å². The Hall–Kier alpha value is -2.08. The number of hydrogen-bond donors (Lipinski definition) is 1. The third kappa shape index (κ3) is 7.44. The molecule has 0 aliphatic rings. The topological polar surface area (TPSA) is 55.9 Å². The molecular weight excluding hydrogens is 328 g/mol. The van der Waals surface area contributed by atoms with Crippen LogP contribution in [0.15, 0.2) is 18.2 Å². The molecule has 0 bridgehead atoms. The fourth-order valence-electron chi connectivity index (χ4n) is 2.68. The van der Waals surface area contributed by atoms with Crippen LogP contribution >= 0.6 is 0 Å². The van der Waals surface area contributed by atoms with Crippen LogP contribution in [0, 0.1) is 5.92 Å². The van der Waals surface area contributed by atoms with E-state index in [-0.39, 0.29) is 11.8 Å². The lowest BCUT2D eigenvalue weighted by atomic mass is 10.1. The molecule has 1 N–H and O–H groups in total. The molecule has 0 radical (unpaired) electrons. The van der Waals surface area contributed by atoms with Gasteiger partial charge in [0.1, 0.15) is 0 Å². The Kier molecular flexibility index (Phi) is 8.58. The molecule has 0 atom stereocenters. The van der Waals surface area contributed by atoms with Crippen molar-refractivity contribution >= 4 is 23.2 Å². The summed E-state index contributed by atoms with van der Waals surface area (Å²) < 4.78 is 0. The second-order valence-electron chi connectivity index (χ2n) is 7.63.